The van der Waals surface area contributed by atoms with Gasteiger partial charge in [0.25, 0.3) is 0 Å². The summed E-state index contributed by atoms with van der Waals surface area (Å²) in [6, 6.07) is 4.34. The second-order valence-corrected chi connectivity index (χ2v) is 4.85. The van der Waals surface area contributed by atoms with Gasteiger partial charge in [-0.2, -0.15) is 0 Å². The van der Waals surface area contributed by atoms with Crippen molar-refractivity contribution in [1.82, 2.24) is 4.72 Å². The predicted octanol–water partition coefficient (Wildman–Crippen LogP) is 0.856. The topological polar surface area (TPSA) is 75.6 Å². The van der Waals surface area contributed by atoms with Crippen LogP contribution < -0.4 is 9.46 Å². The highest BCUT2D eigenvalue weighted by Gasteiger charge is 2.33. The first-order valence-electron chi connectivity index (χ1n) is 4.71. The van der Waals surface area contributed by atoms with Gasteiger partial charge in [0, 0.05) is 6.54 Å². The summed E-state index contributed by atoms with van der Waals surface area (Å²) < 4.78 is 65.1. The number of nitrogens with one attached hydrogen (secondary N) is 1. The van der Waals surface area contributed by atoms with Gasteiger partial charge in [-0.25, -0.2) is 13.1 Å². The molecule has 0 amide bonds. The number of aliphatic hydroxyl groups is 1. The van der Waals surface area contributed by atoms with Gasteiger partial charge in [-0.15, -0.1) is 13.2 Å². The summed E-state index contributed by atoms with van der Waals surface area (Å²) in [5.74, 6) is -0.824. The molecule has 2 N–H and O–H groups in total. The lowest BCUT2D eigenvalue weighted by Crippen LogP contribution is -2.28. The number of sulfonamides is 1. The first-order valence-corrected chi connectivity index (χ1v) is 6.20. The fourth-order valence-electron chi connectivity index (χ4n) is 1.14. The summed E-state index contributed by atoms with van der Waals surface area (Å²) in [6.45, 7) is -0.774. The van der Waals surface area contributed by atoms with Crippen LogP contribution >= 0.6 is 0 Å². The zero-order valence-electron chi connectivity index (χ0n) is 8.94. The first-order chi connectivity index (χ1) is 8.26. The van der Waals surface area contributed by atoms with E-state index < -0.39 is 33.6 Å². The van der Waals surface area contributed by atoms with Crippen LogP contribution in [0.25, 0.3) is 0 Å². The summed E-state index contributed by atoms with van der Waals surface area (Å²) in [4.78, 5) is -0.643. The zero-order valence-corrected chi connectivity index (χ0v) is 9.75. The summed E-state index contributed by atoms with van der Waals surface area (Å²) >= 11 is 0. The van der Waals surface area contributed by atoms with Gasteiger partial charge in [-0.05, 0) is 12.1 Å². The lowest BCUT2D eigenvalue weighted by atomic mass is 10.3. The Morgan fingerprint density at radius 2 is 1.89 bits per heavy atom. The number of ether oxygens (including phenoxy) is 1. The van der Waals surface area contributed by atoms with Gasteiger partial charge in [-0.3, -0.25) is 0 Å². The maximum Gasteiger partial charge on any atom is 0.573 e. The number of hydrogen-bond donors (Lipinski definition) is 2. The molecule has 0 heterocycles. The molecule has 1 aromatic carbocycles. The van der Waals surface area contributed by atoms with Crippen LogP contribution in [0.5, 0.6) is 5.75 Å². The molecule has 0 aliphatic rings. The van der Waals surface area contributed by atoms with E-state index >= 15 is 0 Å². The molecule has 0 bridgehead atoms. The number of rotatable bonds is 5. The summed E-state index contributed by atoms with van der Waals surface area (Å²) in [6.07, 6.45) is -4.98. The van der Waals surface area contributed by atoms with E-state index in [2.05, 4.69) is 4.74 Å². The minimum Gasteiger partial charge on any atom is -0.404 e. The van der Waals surface area contributed by atoms with Crippen LogP contribution in [-0.2, 0) is 10.0 Å². The molecule has 0 aliphatic carbocycles. The molecule has 1 rings (SSSR count). The van der Waals surface area contributed by atoms with Gasteiger partial charge in [0.15, 0.2) is 0 Å². The highest BCUT2D eigenvalue weighted by molar-refractivity contribution is 7.89. The number of aliphatic hydroxyl groups excluding tert-OH is 1. The van der Waals surface area contributed by atoms with Crippen molar-refractivity contribution < 1.29 is 31.4 Å². The molecule has 1 aromatic rings. The highest BCUT2D eigenvalue weighted by atomic mass is 32.2. The number of hydrogen-bond acceptors (Lipinski definition) is 4. The standard InChI is InChI=1S/C9H10F3NO4S/c10-9(11,12)17-7-3-1-2-4-8(7)18(15,16)13-5-6-14/h1-4,13-14H,5-6H2. The molecule has 0 spiro atoms. The Morgan fingerprint density at radius 1 is 1.28 bits per heavy atom. The predicted molar refractivity (Wildman–Crippen MR) is 55.4 cm³/mol. The Hall–Kier alpha value is -1.32. The molecular weight excluding hydrogens is 275 g/mol. The molecule has 0 aromatic heterocycles. The molecule has 5 nitrogen and oxygen atoms in total. The van der Waals surface area contributed by atoms with Crippen LogP contribution in [-0.4, -0.2) is 33.0 Å². The third-order valence-electron chi connectivity index (χ3n) is 1.77. The van der Waals surface area contributed by atoms with E-state index in [-0.39, 0.29) is 6.54 Å². The molecular formula is C9H10F3NO4S. The van der Waals surface area contributed by atoms with E-state index in [0.29, 0.717) is 0 Å². The molecule has 0 radical (unpaired) electrons. The number of benzene rings is 1. The van der Waals surface area contributed by atoms with E-state index in [1.807, 2.05) is 4.72 Å². The smallest absolute Gasteiger partial charge is 0.404 e. The van der Waals surface area contributed by atoms with Crippen molar-refractivity contribution >= 4 is 10.0 Å². The molecule has 0 saturated heterocycles. The van der Waals surface area contributed by atoms with Crippen LogP contribution in [0.15, 0.2) is 29.2 Å². The summed E-state index contributed by atoms with van der Waals surface area (Å²) in [7, 11) is -4.16. The highest BCUT2D eigenvalue weighted by Crippen LogP contribution is 2.28. The van der Waals surface area contributed by atoms with E-state index in [1.165, 1.54) is 12.1 Å². The van der Waals surface area contributed by atoms with Crippen molar-refractivity contribution in [3.63, 3.8) is 0 Å². The minimum absolute atomic E-state index is 0.303. The molecule has 0 unspecified atom stereocenters. The summed E-state index contributed by atoms with van der Waals surface area (Å²) in [5.41, 5.74) is 0. The van der Waals surface area contributed by atoms with Crippen molar-refractivity contribution in [3.8, 4) is 5.75 Å². The SMILES string of the molecule is O=S(=O)(NCCO)c1ccccc1OC(F)(F)F. The second kappa shape index (κ2) is 5.55. The number of halogens is 3. The molecule has 0 fully saturated rings. The maximum absolute atomic E-state index is 12.1. The molecule has 9 heteroatoms. The molecule has 0 aliphatic heterocycles. The van der Waals surface area contributed by atoms with Crippen molar-refractivity contribution in [1.29, 1.82) is 0 Å². The van der Waals surface area contributed by atoms with E-state index in [9.17, 15) is 21.6 Å². The Morgan fingerprint density at radius 3 is 2.44 bits per heavy atom. The number of alkyl halides is 3. The monoisotopic (exact) mass is 285 g/mol. The second-order valence-electron chi connectivity index (χ2n) is 3.12. The lowest BCUT2D eigenvalue weighted by Gasteiger charge is -2.13. The van der Waals surface area contributed by atoms with Crippen LogP contribution in [0.2, 0.25) is 0 Å². The molecule has 18 heavy (non-hydrogen) atoms. The van der Waals surface area contributed by atoms with Gasteiger partial charge in [0.05, 0.1) is 6.61 Å². The normalized spacial score (nSPS) is 12.4. The largest absolute Gasteiger partial charge is 0.573 e. The average Bonchev–Trinajstić information content (AvgIpc) is 2.25. The Balaban J connectivity index is 3.09. The van der Waals surface area contributed by atoms with E-state index in [0.717, 1.165) is 12.1 Å². The molecule has 102 valence electrons. The fraction of sp³-hybridized carbons (Fsp3) is 0.333. The zero-order chi connectivity index (χ0) is 13.8. The fourth-order valence-corrected chi connectivity index (χ4v) is 2.29. The first kappa shape index (κ1) is 14.7. The van der Waals surface area contributed by atoms with E-state index in [4.69, 9.17) is 5.11 Å². The molecule has 0 saturated carbocycles. The van der Waals surface area contributed by atoms with Gasteiger partial charge < -0.3 is 9.84 Å². The van der Waals surface area contributed by atoms with E-state index in [1.54, 1.807) is 0 Å². The minimum atomic E-state index is -4.98. The Labute approximate surface area is 101 Å². The average molecular weight is 285 g/mol. The van der Waals surface area contributed by atoms with Gasteiger partial charge >= 0.3 is 6.36 Å². The van der Waals surface area contributed by atoms with Crippen LogP contribution in [0, 0.1) is 0 Å². The maximum atomic E-state index is 12.1. The number of para-hydroxylation sites is 1. The third kappa shape index (κ3) is 4.17. The Bertz CT molecular complexity index is 501. The lowest BCUT2D eigenvalue weighted by molar-refractivity contribution is -0.275. The van der Waals surface area contributed by atoms with Gasteiger partial charge in [0.2, 0.25) is 10.0 Å². The van der Waals surface area contributed by atoms with Crippen LogP contribution in [0.1, 0.15) is 0 Å². The summed E-state index contributed by atoms with van der Waals surface area (Å²) in [5, 5.41) is 8.49. The van der Waals surface area contributed by atoms with Crippen molar-refractivity contribution in [2.45, 2.75) is 11.3 Å². The van der Waals surface area contributed by atoms with Crippen LogP contribution in [0.3, 0.4) is 0 Å². The third-order valence-corrected chi connectivity index (χ3v) is 3.27. The van der Waals surface area contributed by atoms with Crippen molar-refractivity contribution in [2.24, 2.45) is 0 Å². The van der Waals surface area contributed by atoms with Gasteiger partial charge in [0.1, 0.15) is 10.6 Å². The quantitative estimate of drug-likeness (QED) is 0.841. The van der Waals surface area contributed by atoms with Gasteiger partial charge in [-0.1, -0.05) is 12.1 Å². The molecule has 0 atom stereocenters. The van der Waals surface area contributed by atoms with Crippen LogP contribution in [0.4, 0.5) is 13.2 Å². The van der Waals surface area contributed by atoms with Crippen molar-refractivity contribution in [2.75, 3.05) is 13.2 Å². The Kier molecular flexibility index (Phi) is 4.54. The van der Waals surface area contributed by atoms with Crippen molar-refractivity contribution in [3.05, 3.63) is 24.3 Å².